The van der Waals surface area contributed by atoms with E-state index in [1.54, 1.807) is 0 Å². The first-order valence-corrected chi connectivity index (χ1v) is 8.66. The summed E-state index contributed by atoms with van der Waals surface area (Å²) in [5.41, 5.74) is 2.78. The van der Waals surface area contributed by atoms with E-state index in [0.29, 0.717) is 23.5 Å². The van der Waals surface area contributed by atoms with Gasteiger partial charge in [-0.05, 0) is 66.7 Å². The fourth-order valence-corrected chi connectivity index (χ4v) is 5.22. The van der Waals surface area contributed by atoms with Crippen molar-refractivity contribution in [1.82, 2.24) is 0 Å². The van der Waals surface area contributed by atoms with Crippen molar-refractivity contribution in [3.05, 3.63) is 41.5 Å². The molecule has 0 heterocycles. The predicted octanol–water partition coefficient (Wildman–Crippen LogP) is 3.60. The number of aliphatic hydroxyl groups excluding tert-OH is 1. The lowest BCUT2D eigenvalue weighted by Gasteiger charge is -2.50. The Morgan fingerprint density at radius 2 is 2.13 bits per heavy atom. The molecule has 0 spiro atoms. The standard InChI is InChI=1S/C20H24O3/c1-12(21)23-14-4-6-15-13(11-14)3-5-17-16(15)9-10-20(2)18(17)7-8-19(20)22/h4,6-8,11,16-19,22H,3,5,9-10H2,1-2H3/t16?,17?,18?,19-,20-/m0/s1. The van der Waals surface area contributed by atoms with E-state index >= 15 is 0 Å². The van der Waals surface area contributed by atoms with Crippen LogP contribution in [0.5, 0.6) is 5.75 Å². The molecule has 0 radical (unpaired) electrons. The average Bonchev–Trinajstić information content (AvgIpc) is 2.82. The first-order valence-electron chi connectivity index (χ1n) is 8.66. The maximum absolute atomic E-state index is 11.1. The van der Waals surface area contributed by atoms with Crippen molar-refractivity contribution in [3.8, 4) is 5.75 Å². The van der Waals surface area contributed by atoms with E-state index < -0.39 is 0 Å². The number of allylic oxidation sites excluding steroid dienone is 1. The molecule has 3 aliphatic rings. The van der Waals surface area contributed by atoms with Gasteiger partial charge >= 0.3 is 5.97 Å². The van der Waals surface area contributed by atoms with Gasteiger partial charge in [-0.3, -0.25) is 4.79 Å². The van der Waals surface area contributed by atoms with Gasteiger partial charge in [-0.15, -0.1) is 0 Å². The Labute approximate surface area is 137 Å². The molecule has 1 aromatic rings. The van der Waals surface area contributed by atoms with Crippen LogP contribution in [-0.2, 0) is 11.2 Å². The Bertz CT molecular complexity index is 677. The lowest BCUT2D eigenvalue weighted by atomic mass is 9.55. The summed E-state index contributed by atoms with van der Waals surface area (Å²) in [5, 5.41) is 10.4. The van der Waals surface area contributed by atoms with Gasteiger partial charge in [0.25, 0.3) is 0 Å². The molecule has 3 heteroatoms. The third-order valence-electron chi connectivity index (χ3n) is 6.43. The maximum atomic E-state index is 11.1. The summed E-state index contributed by atoms with van der Waals surface area (Å²) >= 11 is 0. The van der Waals surface area contributed by atoms with Crippen molar-refractivity contribution in [2.75, 3.05) is 0 Å². The largest absolute Gasteiger partial charge is 0.427 e. The number of hydrogen-bond acceptors (Lipinski definition) is 3. The van der Waals surface area contributed by atoms with Crippen LogP contribution < -0.4 is 4.74 Å². The van der Waals surface area contributed by atoms with Gasteiger partial charge in [0.1, 0.15) is 5.75 Å². The highest BCUT2D eigenvalue weighted by molar-refractivity contribution is 5.69. The maximum Gasteiger partial charge on any atom is 0.308 e. The number of fused-ring (bicyclic) bond motifs is 5. The summed E-state index contributed by atoms with van der Waals surface area (Å²) in [6.07, 6.45) is 8.36. The number of aryl methyl sites for hydroxylation is 1. The van der Waals surface area contributed by atoms with Gasteiger partial charge in [-0.2, -0.15) is 0 Å². The molecule has 1 saturated carbocycles. The van der Waals surface area contributed by atoms with Gasteiger partial charge in [-0.1, -0.05) is 25.1 Å². The predicted molar refractivity (Wildman–Crippen MR) is 88.3 cm³/mol. The molecular weight excluding hydrogens is 288 g/mol. The van der Waals surface area contributed by atoms with Crippen LogP contribution in [0.4, 0.5) is 0 Å². The van der Waals surface area contributed by atoms with Gasteiger partial charge < -0.3 is 9.84 Å². The second kappa shape index (κ2) is 5.20. The third-order valence-corrected chi connectivity index (χ3v) is 6.43. The van der Waals surface area contributed by atoms with E-state index in [2.05, 4.69) is 19.1 Å². The topological polar surface area (TPSA) is 46.5 Å². The average molecular weight is 312 g/mol. The lowest BCUT2D eigenvalue weighted by Crippen LogP contribution is -2.44. The lowest BCUT2D eigenvalue weighted by molar-refractivity contribution is -0.131. The number of rotatable bonds is 1. The SMILES string of the molecule is CC(=O)Oc1ccc2c(c1)CCC1C2CC[C@@]2(C)C1C=C[C@@H]2O. The highest BCUT2D eigenvalue weighted by Crippen LogP contribution is 2.58. The van der Waals surface area contributed by atoms with Crippen LogP contribution in [0.15, 0.2) is 30.4 Å². The first kappa shape index (κ1) is 14.9. The smallest absolute Gasteiger partial charge is 0.308 e. The van der Waals surface area contributed by atoms with Gasteiger partial charge in [0, 0.05) is 12.3 Å². The molecule has 3 unspecified atom stereocenters. The molecular formula is C20H24O3. The second-order valence-corrected chi connectivity index (χ2v) is 7.66. The summed E-state index contributed by atoms with van der Waals surface area (Å²) in [4.78, 5) is 11.1. The Balaban J connectivity index is 1.65. The number of hydrogen-bond donors (Lipinski definition) is 1. The molecule has 1 N–H and O–H groups in total. The van der Waals surface area contributed by atoms with E-state index in [9.17, 15) is 9.90 Å². The summed E-state index contributed by atoms with van der Waals surface area (Å²) in [5.74, 6) is 2.06. The van der Waals surface area contributed by atoms with Crippen molar-refractivity contribution in [2.24, 2.45) is 17.3 Å². The number of carbonyl (C=O) groups is 1. The molecule has 122 valence electrons. The van der Waals surface area contributed by atoms with E-state index in [1.165, 1.54) is 18.1 Å². The van der Waals surface area contributed by atoms with E-state index in [0.717, 1.165) is 25.7 Å². The molecule has 0 bridgehead atoms. The van der Waals surface area contributed by atoms with Crippen LogP contribution in [0.25, 0.3) is 0 Å². The summed E-state index contributed by atoms with van der Waals surface area (Å²) < 4.78 is 5.23. The monoisotopic (exact) mass is 312 g/mol. The highest BCUT2D eigenvalue weighted by atomic mass is 16.5. The summed E-state index contributed by atoms with van der Waals surface area (Å²) in [6, 6.07) is 6.12. The number of carbonyl (C=O) groups excluding carboxylic acids is 1. The molecule has 3 nitrogen and oxygen atoms in total. The number of benzene rings is 1. The number of esters is 1. The third kappa shape index (κ3) is 2.25. The molecule has 5 atom stereocenters. The molecule has 0 saturated heterocycles. The zero-order chi connectivity index (χ0) is 16.2. The van der Waals surface area contributed by atoms with Crippen molar-refractivity contribution < 1.29 is 14.6 Å². The molecule has 0 aliphatic heterocycles. The van der Waals surface area contributed by atoms with Crippen LogP contribution in [-0.4, -0.2) is 17.2 Å². The van der Waals surface area contributed by atoms with Crippen molar-refractivity contribution >= 4 is 5.97 Å². The summed E-state index contributed by atoms with van der Waals surface area (Å²) in [7, 11) is 0. The fraction of sp³-hybridized carbons (Fsp3) is 0.550. The van der Waals surface area contributed by atoms with Crippen LogP contribution >= 0.6 is 0 Å². The van der Waals surface area contributed by atoms with Crippen LogP contribution in [0.2, 0.25) is 0 Å². The molecule has 3 aliphatic carbocycles. The van der Waals surface area contributed by atoms with E-state index in [-0.39, 0.29) is 17.5 Å². The minimum absolute atomic E-state index is 0.0242. The van der Waals surface area contributed by atoms with Gasteiger partial charge in [0.15, 0.2) is 0 Å². The van der Waals surface area contributed by atoms with Crippen molar-refractivity contribution in [2.45, 2.75) is 51.6 Å². The van der Waals surface area contributed by atoms with Crippen molar-refractivity contribution in [3.63, 3.8) is 0 Å². The number of aliphatic hydroxyl groups is 1. The molecule has 0 amide bonds. The van der Waals surface area contributed by atoms with Crippen molar-refractivity contribution in [1.29, 1.82) is 0 Å². The normalized spacial score (nSPS) is 37.7. The molecule has 1 aromatic carbocycles. The van der Waals surface area contributed by atoms with Gasteiger partial charge in [-0.25, -0.2) is 0 Å². The van der Waals surface area contributed by atoms with Crippen LogP contribution in [0.3, 0.4) is 0 Å². The van der Waals surface area contributed by atoms with Crippen LogP contribution in [0, 0.1) is 17.3 Å². The summed E-state index contributed by atoms with van der Waals surface area (Å²) in [6.45, 7) is 3.69. The Morgan fingerprint density at radius 3 is 2.91 bits per heavy atom. The quantitative estimate of drug-likeness (QED) is 0.489. The van der Waals surface area contributed by atoms with Gasteiger partial charge in [0.05, 0.1) is 6.10 Å². The highest BCUT2D eigenvalue weighted by Gasteiger charge is 2.52. The zero-order valence-corrected chi connectivity index (χ0v) is 13.8. The Kier molecular flexibility index (Phi) is 3.38. The minimum atomic E-state index is -0.291. The Morgan fingerprint density at radius 1 is 1.30 bits per heavy atom. The van der Waals surface area contributed by atoms with E-state index in [1.807, 2.05) is 18.2 Å². The van der Waals surface area contributed by atoms with E-state index in [4.69, 9.17) is 4.74 Å². The second-order valence-electron chi connectivity index (χ2n) is 7.66. The van der Waals surface area contributed by atoms with Gasteiger partial charge in [0.2, 0.25) is 0 Å². The molecule has 0 aromatic heterocycles. The molecule has 1 fully saturated rings. The zero-order valence-electron chi connectivity index (χ0n) is 13.8. The number of ether oxygens (including phenoxy) is 1. The Hall–Kier alpha value is -1.61. The van der Waals surface area contributed by atoms with Crippen LogP contribution in [0.1, 0.15) is 50.2 Å². The first-order chi connectivity index (χ1) is 11.0. The molecule has 23 heavy (non-hydrogen) atoms. The minimum Gasteiger partial charge on any atom is -0.427 e. The fourth-order valence-electron chi connectivity index (χ4n) is 5.22. The molecule has 4 rings (SSSR count).